The summed E-state index contributed by atoms with van der Waals surface area (Å²) in [7, 11) is 0. The van der Waals surface area contributed by atoms with Gasteiger partial charge in [-0.05, 0) is 31.2 Å². The van der Waals surface area contributed by atoms with E-state index in [4.69, 9.17) is 16.3 Å². The van der Waals surface area contributed by atoms with E-state index in [1.807, 2.05) is 12.4 Å². The van der Waals surface area contributed by atoms with E-state index < -0.39 is 17.5 Å². The Morgan fingerprint density at radius 3 is 2.73 bits per heavy atom. The first-order chi connectivity index (χ1) is 15.9. The highest BCUT2D eigenvalue weighted by Crippen LogP contribution is 2.27. The van der Waals surface area contributed by atoms with E-state index in [0.29, 0.717) is 19.8 Å². The topological polar surface area (TPSA) is 97.8 Å². The van der Waals surface area contributed by atoms with Crippen LogP contribution in [0.5, 0.6) is 0 Å². The molecule has 1 atom stereocenters. The fourth-order valence-electron chi connectivity index (χ4n) is 3.59. The van der Waals surface area contributed by atoms with Crippen molar-refractivity contribution in [1.82, 2.24) is 20.3 Å². The number of hydrogen-bond acceptors (Lipinski definition) is 6. The minimum atomic E-state index is -1.17. The Morgan fingerprint density at radius 1 is 1.27 bits per heavy atom. The van der Waals surface area contributed by atoms with Crippen molar-refractivity contribution in [1.29, 1.82) is 0 Å². The van der Waals surface area contributed by atoms with Gasteiger partial charge in [-0.1, -0.05) is 11.6 Å². The summed E-state index contributed by atoms with van der Waals surface area (Å²) in [5.74, 6) is -2.92. The van der Waals surface area contributed by atoms with E-state index in [2.05, 4.69) is 25.2 Å². The number of benzene rings is 2. The lowest BCUT2D eigenvalue weighted by atomic mass is 10.1. The monoisotopic (exact) mass is 482 g/mol. The van der Waals surface area contributed by atoms with Crippen LogP contribution in [0.25, 0.3) is 11.0 Å². The quantitative estimate of drug-likeness (QED) is 0.242. The van der Waals surface area contributed by atoms with Crippen molar-refractivity contribution in [3.05, 3.63) is 52.3 Å². The van der Waals surface area contributed by atoms with E-state index in [1.165, 1.54) is 12.1 Å². The van der Waals surface area contributed by atoms with Gasteiger partial charge >= 0.3 is 0 Å². The number of imidazole rings is 1. The molecule has 1 aliphatic rings. The van der Waals surface area contributed by atoms with E-state index >= 15 is 0 Å². The Kier molecular flexibility index (Phi) is 7.03. The molecule has 0 bridgehead atoms. The number of nitrogens with zero attached hydrogens (tertiary/aromatic N) is 3. The van der Waals surface area contributed by atoms with Crippen LogP contribution in [-0.4, -0.2) is 64.8 Å². The number of aliphatic imine (C=N–C) groups is 1. The van der Waals surface area contributed by atoms with Gasteiger partial charge in [-0.2, -0.15) is 0 Å². The average Bonchev–Trinajstić information content (AvgIpc) is 3.26. The zero-order chi connectivity index (χ0) is 23.5. The fourth-order valence-corrected chi connectivity index (χ4v) is 3.77. The number of anilines is 1. The number of hydrogen-bond donors (Lipinski definition) is 4. The molecule has 1 saturated heterocycles. The Morgan fingerprint density at radius 2 is 2.03 bits per heavy atom. The number of nitrogens with one attached hydrogen (secondary N) is 3. The second-order valence-electron chi connectivity index (χ2n) is 7.58. The molecule has 2 aromatic carbocycles. The number of ether oxygens (including phenoxy) is 1. The van der Waals surface area contributed by atoms with Gasteiger partial charge in [0.2, 0.25) is 5.95 Å². The van der Waals surface area contributed by atoms with Crippen molar-refractivity contribution >= 4 is 40.1 Å². The summed E-state index contributed by atoms with van der Waals surface area (Å²) in [6, 6.07) is 4.69. The van der Waals surface area contributed by atoms with Gasteiger partial charge in [0.25, 0.3) is 0 Å². The SMILES string of the molecule is CC(CNc1nc2c(F)c(F)cc(C(=Nc3ccc(F)c(Cl)c3)NO)c2[nH]1)N1CCOCC1. The molecule has 4 rings (SSSR count). The molecule has 0 radical (unpaired) electrons. The van der Waals surface area contributed by atoms with E-state index in [-0.39, 0.29) is 45.1 Å². The molecule has 1 aromatic heterocycles. The summed E-state index contributed by atoms with van der Waals surface area (Å²) in [6.07, 6.45) is 0. The minimum absolute atomic E-state index is 0.0219. The van der Waals surface area contributed by atoms with Gasteiger partial charge in [0.15, 0.2) is 17.5 Å². The third-order valence-electron chi connectivity index (χ3n) is 5.40. The number of rotatable bonds is 6. The van der Waals surface area contributed by atoms with Gasteiger partial charge in [-0.3, -0.25) is 15.6 Å². The summed E-state index contributed by atoms with van der Waals surface area (Å²) >= 11 is 5.78. The molecule has 1 unspecified atom stereocenters. The molecular formula is C21H22ClF3N6O2. The number of amidine groups is 1. The zero-order valence-electron chi connectivity index (χ0n) is 17.6. The average molecular weight is 483 g/mol. The molecule has 3 aromatic rings. The summed E-state index contributed by atoms with van der Waals surface area (Å²) in [4.78, 5) is 13.5. The smallest absolute Gasteiger partial charge is 0.201 e. The van der Waals surface area contributed by atoms with Crippen LogP contribution >= 0.6 is 11.6 Å². The van der Waals surface area contributed by atoms with Crippen LogP contribution in [0.3, 0.4) is 0 Å². The molecule has 0 spiro atoms. The first-order valence-electron chi connectivity index (χ1n) is 10.2. The number of hydroxylamine groups is 1. The van der Waals surface area contributed by atoms with E-state index in [1.54, 1.807) is 0 Å². The molecule has 2 heterocycles. The van der Waals surface area contributed by atoms with Crippen molar-refractivity contribution in [2.45, 2.75) is 13.0 Å². The van der Waals surface area contributed by atoms with Crippen LogP contribution in [0, 0.1) is 17.5 Å². The number of morpholine rings is 1. The molecule has 1 aliphatic heterocycles. The number of aromatic nitrogens is 2. The highest BCUT2D eigenvalue weighted by atomic mass is 35.5. The zero-order valence-corrected chi connectivity index (χ0v) is 18.4. The van der Waals surface area contributed by atoms with Crippen LogP contribution in [0.15, 0.2) is 29.3 Å². The standard InChI is InChI=1S/C21H22ClF3N6O2/c1-11(31-4-6-33-7-5-31)10-26-21-28-18-13(9-16(24)17(25)19(18)29-21)20(30-32)27-12-2-3-15(23)14(22)8-12/h2-3,8-9,11,32H,4-7,10H2,1H3,(H,27,30)(H2,26,28,29). The minimum Gasteiger partial charge on any atom is -0.379 e. The molecule has 4 N–H and O–H groups in total. The van der Waals surface area contributed by atoms with Gasteiger partial charge in [0.1, 0.15) is 11.3 Å². The predicted octanol–water partition coefficient (Wildman–Crippen LogP) is 3.82. The predicted molar refractivity (Wildman–Crippen MR) is 119 cm³/mol. The van der Waals surface area contributed by atoms with E-state index in [9.17, 15) is 18.4 Å². The first kappa shape index (κ1) is 23.3. The lowest BCUT2D eigenvalue weighted by Gasteiger charge is -2.32. The lowest BCUT2D eigenvalue weighted by molar-refractivity contribution is 0.0227. The van der Waals surface area contributed by atoms with Crippen molar-refractivity contribution in [2.75, 3.05) is 38.2 Å². The Balaban J connectivity index is 1.65. The maximum atomic E-state index is 14.5. The van der Waals surface area contributed by atoms with Crippen molar-refractivity contribution < 1.29 is 23.1 Å². The molecule has 33 heavy (non-hydrogen) atoms. The van der Waals surface area contributed by atoms with Crippen LogP contribution in [0.2, 0.25) is 5.02 Å². The molecule has 0 aliphatic carbocycles. The van der Waals surface area contributed by atoms with Crippen molar-refractivity contribution in [2.24, 2.45) is 4.99 Å². The second kappa shape index (κ2) is 9.96. The van der Waals surface area contributed by atoms with Crippen molar-refractivity contribution in [3.8, 4) is 0 Å². The number of halogens is 4. The van der Waals surface area contributed by atoms with Gasteiger partial charge in [0, 0.05) is 31.2 Å². The Bertz CT molecular complexity index is 1180. The maximum Gasteiger partial charge on any atom is 0.201 e. The summed E-state index contributed by atoms with van der Waals surface area (Å²) in [5, 5.41) is 12.6. The first-order valence-corrected chi connectivity index (χ1v) is 10.6. The number of H-pyrrole nitrogens is 1. The fraction of sp³-hybridized carbons (Fsp3) is 0.333. The Labute approximate surface area is 192 Å². The molecule has 0 saturated carbocycles. The summed E-state index contributed by atoms with van der Waals surface area (Å²) in [6.45, 7) is 5.49. The third kappa shape index (κ3) is 5.06. The normalized spacial score (nSPS) is 16.2. The summed E-state index contributed by atoms with van der Waals surface area (Å²) < 4.78 is 47.6. The van der Waals surface area contributed by atoms with Crippen LogP contribution in [0.1, 0.15) is 12.5 Å². The highest BCUT2D eigenvalue weighted by Gasteiger charge is 2.21. The third-order valence-corrected chi connectivity index (χ3v) is 5.69. The molecule has 12 heteroatoms. The molecular weight excluding hydrogens is 461 g/mol. The highest BCUT2D eigenvalue weighted by molar-refractivity contribution is 6.31. The van der Waals surface area contributed by atoms with Crippen LogP contribution in [-0.2, 0) is 4.74 Å². The van der Waals surface area contributed by atoms with E-state index in [0.717, 1.165) is 25.2 Å². The second-order valence-corrected chi connectivity index (χ2v) is 7.99. The number of fused-ring (bicyclic) bond motifs is 1. The Hall–Kier alpha value is -2.86. The maximum absolute atomic E-state index is 14.5. The molecule has 1 fully saturated rings. The number of aromatic amines is 1. The van der Waals surface area contributed by atoms with Crippen LogP contribution < -0.4 is 10.8 Å². The largest absolute Gasteiger partial charge is 0.379 e. The molecule has 0 amide bonds. The van der Waals surface area contributed by atoms with Gasteiger partial charge in [-0.25, -0.2) is 23.1 Å². The van der Waals surface area contributed by atoms with Crippen molar-refractivity contribution in [3.63, 3.8) is 0 Å². The molecule has 176 valence electrons. The summed E-state index contributed by atoms with van der Waals surface area (Å²) in [5.41, 5.74) is 1.95. The van der Waals surface area contributed by atoms with Gasteiger partial charge in [-0.15, -0.1) is 0 Å². The van der Waals surface area contributed by atoms with Crippen LogP contribution in [0.4, 0.5) is 24.8 Å². The van der Waals surface area contributed by atoms with Gasteiger partial charge in [0.05, 0.1) is 29.4 Å². The lowest BCUT2D eigenvalue weighted by Crippen LogP contribution is -2.45. The van der Waals surface area contributed by atoms with Gasteiger partial charge < -0.3 is 15.0 Å². The molecule has 8 nitrogen and oxygen atoms in total.